The van der Waals surface area contributed by atoms with Gasteiger partial charge in [-0.3, -0.25) is 19.3 Å². The normalized spacial score (nSPS) is 14.6. The number of carbonyl (C=O) groups is 3. The summed E-state index contributed by atoms with van der Waals surface area (Å²) in [6, 6.07) is 15.1. The van der Waals surface area contributed by atoms with Gasteiger partial charge in [-0.2, -0.15) is 0 Å². The first-order chi connectivity index (χ1) is 15.4. The van der Waals surface area contributed by atoms with Crippen molar-refractivity contribution < 1.29 is 14.4 Å². The first-order valence-corrected chi connectivity index (χ1v) is 11.2. The third-order valence-electron chi connectivity index (χ3n) is 5.62. The largest absolute Gasteiger partial charge is 0.352 e. The molecule has 170 valence electrons. The van der Waals surface area contributed by atoms with Crippen LogP contribution in [0.3, 0.4) is 0 Å². The number of nitrogens with one attached hydrogen (secondary N) is 3. The summed E-state index contributed by atoms with van der Waals surface area (Å²) in [5.74, 6) is -0.497. The number of hydrogen-bond donors (Lipinski definition) is 3. The lowest BCUT2D eigenvalue weighted by atomic mass is 9.96. The Labute approximate surface area is 193 Å². The lowest BCUT2D eigenvalue weighted by Crippen LogP contribution is -2.45. The molecule has 0 unspecified atom stereocenters. The molecule has 0 aromatic heterocycles. The van der Waals surface area contributed by atoms with Gasteiger partial charge in [-0.1, -0.05) is 48.0 Å². The van der Waals surface area contributed by atoms with Crippen molar-refractivity contribution >= 4 is 35.0 Å². The summed E-state index contributed by atoms with van der Waals surface area (Å²) in [4.78, 5) is 38.8. The predicted octanol–water partition coefficient (Wildman–Crippen LogP) is 2.73. The van der Waals surface area contributed by atoms with Crippen molar-refractivity contribution in [2.75, 3.05) is 31.5 Å². The van der Waals surface area contributed by atoms with Gasteiger partial charge in [-0.05, 0) is 56.1 Å². The topological polar surface area (TPSA) is 90.5 Å². The zero-order valence-corrected chi connectivity index (χ0v) is 19.0. The highest BCUT2D eigenvalue weighted by Crippen LogP contribution is 2.22. The average molecular weight is 457 g/mol. The average Bonchev–Trinajstić information content (AvgIpc) is 2.80. The first-order valence-electron chi connectivity index (χ1n) is 10.8. The minimum absolute atomic E-state index is 0.0373. The molecule has 1 fully saturated rings. The quantitative estimate of drug-likeness (QED) is 0.569. The van der Waals surface area contributed by atoms with Gasteiger partial charge in [0.05, 0.1) is 13.1 Å². The Bertz CT molecular complexity index is 944. The fourth-order valence-corrected chi connectivity index (χ4v) is 3.83. The van der Waals surface area contributed by atoms with E-state index in [0.29, 0.717) is 43.2 Å². The molecule has 2 aromatic carbocycles. The first kappa shape index (κ1) is 23.8. The fraction of sp³-hybridized carbons (Fsp3) is 0.375. The van der Waals surface area contributed by atoms with Gasteiger partial charge in [0.15, 0.2) is 0 Å². The minimum atomic E-state index is -0.308. The maximum absolute atomic E-state index is 12.4. The lowest BCUT2D eigenvalue weighted by Gasteiger charge is -2.30. The highest BCUT2D eigenvalue weighted by Gasteiger charge is 2.25. The summed E-state index contributed by atoms with van der Waals surface area (Å²) in [5.41, 5.74) is 2.48. The molecule has 3 N–H and O–H groups in total. The highest BCUT2D eigenvalue weighted by molar-refractivity contribution is 6.31. The molecular weight excluding hydrogens is 428 g/mol. The molecule has 0 spiro atoms. The van der Waals surface area contributed by atoms with Crippen LogP contribution in [0.25, 0.3) is 0 Å². The van der Waals surface area contributed by atoms with E-state index in [1.807, 2.05) is 42.2 Å². The molecule has 0 atom stereocenters. The molecule has 0 radical (unpaired) electrons. The number of rotatable bonds is 8. The third kappa shape index (κ3) is 7.07. The molecule has 3 rings (SSSR count). The van der Waals surface area contributed by atoms with E-state index in [-0.39, 0.29) is 36.7 Å². The van der Waals surface area contributed by atoms with E-state index < -0.39 is 0 Å². The van der Waals surface area contributed by atoms with Gasteiger partial charge in [0.25, 0.3) is 0 Å². The Balaban J connectivity index is 1.34. The van der Waals surface area contributed by atoms with Crippen LogP contribution in [0.1, 0.15) is 24.0 Å². The molecule has 0 aliphatic carbocycles. The van der Waals surface area contributed by atoms with E-state index in [4.69, 9.17) is 11.6 Å². The van der Waals surface area contributed by atoms with Crippen LogP contribution in [0.5, 0.6) is 0 Å². The SMILES string of the molecule is Cc1c(Cl)cccc1NC(=O)CNC(=O)CN1CCC(C(=O)NCc2ccccc2)CC1. The second kappa shape index (κ2) is 11.6. The summed E-state index contributed by atoms with van der Waals surface area (Å²) in [6.07, 6.45) is 1.42. The van der Waals surface area contributed by atoms with Gasteiger partial charge in [0.1, 0.15) is 0 Å². The molecule has 1 aliphatic heterocycles. The number of amides is 3. The van der Waals surface area contributed by atoms with Crippen LogP contribution < -0.4 is 16.0 Å². The molecule has 7 nitrogen and oxygen atoms in total. The van der Waals surface area contributed by atoms with Crippen LogP contribution in [-0.2, 0) is 20.9 Å². The van der Waals surface area contributed by atoms with Crippen LogP contribution >= 0.6 is 11.6 Å². The third-order valence-corrected chi connectivity index (χ3v) is 6.03. The van der Waals surface area contributed by atoms with Gasteiger partial charge in [-0.15, -0.1) is 0 Å². The van der Waals surface area contributed by atoms with Crippen LogP contribution in [0.4, 0.5) is 5.69 Å². The Morgan fingerprint density at radius 3 is 2.41 bits per heavy atom. The lowest BCUT2D eigenvalue weighted by molar-refractivity contribution is -0.127. The van der Waals surface area contributed by atoms with Crippen molar-refractivity contribution in [1.82, 2.24) is 15.5 Å². The van der Waals surface area contributed by atoms with E-state index in [2.05, 4.69) is 16.0 Å². The molecule has 3 amide bonds. The molecule has 8 heteroatoms. The number of benzene rings is 2. The summed E-state index contributed by atoms with van der Waals surface area (Å²) < 4.78 is 0. The molecule has 32 heavy (non-hydrogen) atoms. The summed E-state index contributed by atoms with van der Waals surface area (Å²) in [5, 5.41) is 8.98. The minimum Gasteiger partial charge on any atom is -0.352 e. The number of likely N-dealkylation sites (tertiary alicyclic amines) is 1. The van der Waals surface area contributed by atoms with E-state index in [9.17, 15) is 14.4 Å². The van der Waals surface area contributed by atoms with Crippen molar-refractivity contribution in [2.45, 2.75) is 26.3 Å². The van der Waals surface area contributed by atoms with Crippen molar-refractivity contribution in [1.29, 1.82) is 0 Å². The number of anilines is 1. The van der Waals surface area contributed by atoms with Crippen LogP contribution in [0.2, 0.25) is 5.02 Å². The summed E-state index contributed by atoms with van der Waals surface area (Å²) >= 11 is 6.06. The number of halogens is 1. The van der Waals surface area contributed by atoms with E-state index in [1.165, 1.54) is 0 Å². The summed E-state index contributed by atoms with van der Waals surface area (Å²) in [7, 11) is 0. The molecule has 1 heterocycles. The molecule has 1 saturated heterocycles. The van der Waals surface area contributed by atoms with Gasteiger partial charge < -0.3 is 16.0 Å². The Morgan fingerprint density at radius 1 is 0.969 bits per heavy atom. The molecule has 1 aliphatic rings. The Kier molecular flexibility index (Phi) is 8.64. The molecule has 2 aromatic rings. The van der Waals surface area contributed by atoms with Crippen molar-refractivity contribution in [3.8, 4) is 0 Å². The number of nitrogens with zero attached hydrogens (tertiary/aromatic N) is 1. The van der Waals surface area contributed by atoms with Crippen molar-refractivity contribution in [2.24, 2.45) is 5.92 Å². The smallest absolute Gasteiger partial charge is 0.243 e. The molecule has 0 saturated carbocycles. The Morgan fingerprint density at radius 2 is 1.69 bits per heavy atom. The van der Waals surface area contributed by atoms with Crippen LogP contribution in [0.15, 0.2) is 48.5 Å². The predicted molar refractivity (Wildman–Crippen MR) is 125 cm³/mol. The van der Waals surface area contributed by atoms with Gasteiger partial charge >= 0.3 is 0 Å². The Hall–Kier alpha value is -2.90. The van der Waals surface area contributed by atoms with Crippen molar-refractivity contribution in [3.63, 3.8) is 0 Å². The standard InChI is InChI=1S/C24H29ClN4O3/c1-17-20(25)8-5-9-21(17)28-22(30)15-26-23(31)16-29-12-10-19(11-13-29)24(32)27-14-18-6-3-2-4-7-18/h2-9,19H,10-16H2,1H3,(H,26,31)(H,27,32)(H,28,30). The molecule has 0 bridgehead atoms. The summed E-state index contributed by atoms with van der Waals surface area (Å²) in [6.45, 7) is 3.79. The van der Waals surface area contributed by atoms with Crippen LogP contribution in [0, 0.1) is 12.8 Å². The maximum atomic E-state index is 12.4. The van der Waals surface area contributed by atoms with Gasteiger partial charge in [0.2, 0.25) is 17.7 Å². The van der Waals surface area contributed by atoms with Gasteiger partial charge in [-0.25, -0.2) is 0 Å². The van der Waals surface area contributed by atoms with E-state index in [0.717, 1.165) is 11.1 Å². The number of carbonyl (C=O) groups excluding carboxylic acids is 3. The van der Waals surface area contributed by atoms with Crippen molar-refractivity contribution in [3.05, 3.63) is 64.7 Å². The zero-order chi connectivity index (χ0) is 22.9. The van der Waals surface area contributed by atoms with Gasteiger partial charge in [0, 0.05) is 23.2 Å². The molecular formula is C24H29ClN4O3. The monoisotopic (exact) mass is 456 g/mol. The number of piperidine rings is 1. The number of hydrogen-bond acceptors (Lipinski definition) is 4. The maximum Gasteiger partial charge on any atom is 0.243 e. The second-order valence-corrected chi connectivity index (χ2v) is 8.40. The van der Waals surface area contributed by atoms with Crippen LogP contribution in [-0.4, -0.2) is 48.8 Å². The second-order valence-electron chi connectivity index (χ2n) is 7.99. The van der Waals surface area contributed by atoms with E-state index in [1.54, 1.807) is 18.2 Å². The highest BCUT2D eigenvalue weighted by atomic mass is 35.5. The zero-order valence-electron chi connectivity index (χ0n) is 18.2. The fourth-order valence-electron chi connectivity index (χ4n) is 3.66. The van der Waals surface area contributed by atoms with E-state index >= 15 is 0 Å².